The second-order valence-electron chi connectivity index (χ2n) is 4.09. The number of nitrogens with zero attached hydrogens (tertiary/aromatic N) is 2. The van der Waals surface area contributed by atoms with E-state index in [0.29, 0.717) is 4.32 Å². The van der Waals surface area contributed by atoms with Crippen molar-refractivity contribution < 1.29 is 0 Å². The number of thiol groups is 1. The minimum absolute atomic E-state index is 0.712. The third kappa shape index (κ3) is 2.68. The summed E-state index contributed by atoms with van der Waals surface area (Å²) in [6.07, 6.45) is 0. The molecule has 1 aliphatic heterocycles. The van der Waals surface area contributed by atoms with Gasteiger partial charge in [-0.25, -0.2) is 0 Å². The van der Waals surface area contributed by atoms with E-state index in [1.165, 1.54) is 11.3 Å². The van der Waals surface area contributed by atoms with Gasteiger partial charge in [0.2, 0.25) is 0 Å². The first-order chi connectivity index (χ1) is 7.66. The molecule has 1 saturated heterocycles. The summed E-state index contributed by atoms with van der Waals surface area (Å²) < 4.78 is 0.712. The summed E-state index contributed by atoms with van der Waals surface area (Å²) in [5, 5.41) is 0. The summed E-state index contributed by atoms with van der Waals surface area (Å²) in [6, 6.07) is 8.68. The van der Waals surface area contributed by atoms with Crippen LogP contribution in [-0.2, 0) is 0 Å². The average molecular weight is 252 g/mol. The van der Waals surface area contributed by atoms with E-state index in [1.807, 2.05) is 0 Å². The van der Waals surface area contributed by atoms with E-state index in [0.717, 1.165) is 26.2 Å². The molecule has 4 heteroatoms. The van der Waals surface area contributed by atoms with Crippen LogP contribution in [-0.4, -0.2) is 35.4 Å². The first-order valence-electron chi connectivity index (χ1n) is 5.46. The van der Waals surface area contributed by atoms with E-state index in [-0.39, 0.29) is 0 Å². The van der Waals surface area contributed by atoms with Gasteiger partial charge in [0, 0.05) is 31.9 Å². The van der Waals surface area contributed by atoms with Crippen molar-refractivity contribution in [2.75, 3.05) is 31.1 Å². The lowest BCUT2D eigenvalue weighted by molar-refractivity contribution is 0.398. The molecule has 0 saturated carbocycles. The zero-order valence-electron chi connectivity index (χ0n) is 9.39. The molecule has 1 aromatic rings. The topological polar surface area (TPSA) is 6.48 Å². The van der Waals surface area contributed by atoms with Gasteiger partial charge in [-0.05, 0) is 19.1 Å². The van der Waals surface area contributed by atoms with Gasteiger partial charge >= 0.3 is 0 Å². The molecule has 0 spiro atoms. The molecule has 2 nitrogen and oxygen atoms in total. The van der Waals surface area contributed by atoms with Crippen LogP contribution >= 0.6 is 24.8 Å². The molecule has 16 heavy (non-hydrogen) atoms. The molecule has 0 N–H and O–H groups in total. The van der Waals surface area contributed by atoms with E-state index >= 15 is 0 Å². The van der Waals surface area contributed by atoms with Crippen LogP contribution < -0.4 is 4.90 Å². The van der Waals surface area contributed by atoms with Gasteiger partial charge in [-0.3, -0.25) is 0 Å². The zero-order valence-corrected chi connectivity index (χ0v) is 11.1. The second-order valence-corrected chi connectivity index (χ2v) is 5.21. The Balaban J connectivity index is 1.99. The Labute approximate surface area is 108 Å². The van der Waals surface area contributed by atoms with Crippen molar-refractivity contribution in [1.82, 2.24) is 4.90 Å². The number of aryl methyl sites for hydroxylation is 1. The van der Waals surface area contributed by atoms with Crippen molar-refractivity contribution in [1.29, 1.82) is 0 Å². The molecular weight excluding hydrogens is 236 g/mol. The molecule has 0 aromatic heterocycles. The van der Waals surface area contributed by atoms with Gasteiger partial charge in [0.15, 0.2) is 0 Å². The number of hydrogen-bond acceptors (Lipinski definition) is 2. The quantitative estimate of drug-likeness (QED) is 0.606. The summed E-state index contributed by atoms with van der Waals surface area (Å²) in [6.45, 7) is 6.08. The Hall–Kier alpha value is -0.740. The van der Waals surface area contributed by atoms with Gasteiger partial charge in [-0.15, -0.1) is 12.6 Å². The fourth-order valence-electron chi connectivity index (χ4n) is 1.91. The molecule has 2 rings (SSSR count). The van der Waals surface area contributed by atoms with Crippen LogP contribution in [0.4, 0.5) is 5.69 Å². The molecular formula is C12H16N2S2. The Bertz CT molecular complexity index is 367. The first-order valence-corrected chi connectivity index (χ1v) is 6.32. The molecule has 1 heterocycles. The standard InChI is InChI=1S/C12H16N2S2/c1-10-2-4-11(5-3-10)13-6-8-14(9-7-13)12(15)16/h2-5H,6-9H2,1H3,(H,15,16). The minimum atomic E-state index is 0.712. The van der Waals surface area contributed by atoms with Crippen LogP contribution in [0.1, 0.15) is 5.56 Å². The van der Waals surface area contributed by atoms with Crippen molar-refractivity contribution >= 4 is 34.9 Å². The monoisotopic (exact) mass is 252 g/mol. The molecule has 0 atom stereocenters. The number of benzene rings is 1. The smallest absolute Gasteiger partial charge is 0.133 e. The Morgan fingerprint density at radius 2 is 1.69 bits per heavy atom. The highest BCUT2D eigenvalue weighted by atomic mass is 32.1. The predicted octanol–water partition coefficient (Wildman–Crippen LogP) is 2.33. The molecule has 1 aliphatic rings. The lowest BCUT2D eigenvalue weighted by atomic mass is 10.2. The van der Waals surface area contributed by atoms with Crippen LogP contribution in [0.25, 0.3) is 0 Å². The molecule has 0 amide bonds. The number of hydrogen-bond donors (Lipinski definition) is 1. The van der Waals surface area contributed by atoms with Crippen molar-refractivity contribution in [3.8, 4) is 0 Å². The van der Waals surface area contributed by atoms with Gasteiger partial charge in [-0.1, -0.05) is 29.9 Å². The molecule has 1 fully saturated rings. The molecule has 0 radical (unpaired) electrons. The molecule has 0 aliphatic carbocycles. The molecule has 1 aromatic carbocycles. The Morgan fingerprint density at radius 1 is 1.12 bits per heavy atom. The molecule has 86 valence electrons. The van der Waals surface area contributed by atoms with Crippen LogP contribution in [0.5, 0.6) is 0 Å². The maximum absolute atomic E-state index is 5.06. The summed E-state index contributed by atoms with van der Waals surface area (Å²) in [7, 11) is 0. The lowest BCUT2D eigenvalue weighted by Gasteiger charge is -2.36. The lowest BCUT2D eigenvalue weighted by Crippen LogP contribution is -2.47. The second kappa shape index (κ2) is 5.06. The third-order valence-corrected chi connectivity index (χ3v) is 3.49. The Kier molecular flexibility index (Phi) is 3.71. The Morgan fingerprint density at radius 3 is 2.19 bits per heavy atom. The highest BCUT2D eigenvalue weighted by Gasteiger charge is 2.17. The maximum atomic E-state index is 5.06. The highest BCUT2D eigenvalue weighted by Crippen LogP contribution is 2.17. The SMILES string of the molecule is Cc1ccc(N2CCN(C(=S)S)CC2)cc1. The summed E-state index contributed by atoms with van der Waals surface area (Å²) in [5.74, 6) is 0. The van der Waals surface area contributed by atoms with Crippen molar-refractivity contribution in [3.05, 3.63) is 29.8 Å². The predicted molar refractivity (Wildman–Crippen MR) is 76.5 cm³/mol. The summed E-state index contributed by atoms with van der Waals surface area (Å²) in [5.41, 5.74) is 2.61. The van der Waals surface area contributed by atoms with Crippen molar-refractivity contribution in [2.45, 2.75) is 6.92 Å². The highest BCUT2D eigenvalue weighted by molar-refractivity contribution is 8.10. The first kappa shape index (κ1) is 11.7. The largest absolute Gasteiger partial charge is 0.368 e. The van der Waals surface area contributed by atoms with Crippen LogP contribution in [0.3, 0.4) is 0 Å². The normalized spacial score (nSPS) is 16.4. The third-order valence-electron chi connectivity index (χ3n) is 2.95. The van der Waals surface area contributed by atoms with Gasteiger partial charge in [0.25, 0.3) is 0 Å². The average Bonchev–Trinajstić information content (AvgIpc) is 2.30. The van der Waals surface area contributed by atoms with Crippen molar-refractivity contribution in [2.24, 2.45) is 0 Å². The van der Waals surface area contributed by atoms with Crippen LogP contribution in [0.2, 0.25) is 0 Å². The van der Waals surface area contributed by atoms with E-state index in [4.69, 9.17) is 12.2 Å². The number of piperazine rings is 1. The van der Waals surface area contributed by atoms with Crippen LogP contribution in [0, 0.1) is 6.92 Å². The molecule has 0 unspecified atom stereocenters. The zero-order chi connectivity index (χ0) is 11.5. The van der Waals surface area contributed by atoms with E-state index in [2.05, 4.69) is 53.6 Å². The van der Waals surface area contributed by atoms with Gasteiger partial charge in [-0.2, -0.15) is 0 Å². The van der Waals surface area contributed by atoms with Gasteiger partial charge < -0.3 is 9.80 Å². The van der Waals surface area contributed by atoms with E-state index in [9.17, 15) is 0 Å². The van der Waals surface area contributed by atoms with Gasteiger partial charge in [0.1, 0.15) is 4.32 Å². The van der Waals surface area contributed by atoms with Crippen molar-refractivity contribution in [3.63, 3.8) is 0 Å². The van der Waals surface area contributed by atoms with Crippen LogP contribution in [0.15, 0.2) is 24.3 Å². The number of thiocarbonyl (C=S) groups is 1. The molecule has 0 bridgehead atoms. The fourth-order valence-corrected chi connectivity index (χ4v) is 2.29. The summed E-state index contributed by atoms with van der Waals surface area (Å²) >= 11 is 9.27. The maximum Gasteiger partial charge on any atom is 0.133 e. The number of rotatable bonds is 1. The number of anilines is 1. The summed E-state index contributed by atoms with van der Waals surface area (Å²) in [4.78, 5) is 4.53. The van der Waals surface area contributed by atoms with E-state index in [1.54, 1.807) is 0 Å². The van der Waals surface area contributed by atoms with Gasteiger partial charge in [0.05, 0.1) is 0 Å². The minimum Gasteiger partial charge on any atom is -0.368 e. The van der Waals surface area contributed by atoms with E-state index < -0.39 is 0 Å². The fraction of sp³-hybridized carbons (Fsp3) is 0.417.